The number of ether oxygens (including phenoxy) is 1. The van der Waals surface area contributed by atoms with Crippen LogP contribution in [0.2, 0.25) is 0 Å². The SMILES string of the molecule is COCCN1C[C@@H](C(=O)N2CCC[C@@H]2c2cccs2)CC1=O. The Morgan fingerprint density at radius 2 is 2.36 bits per heavy atom. The maximum atomic E-state index is 12.8. The Balaban J connectivity index is 1.65. The molecule has 1 aromatic heterocycles. The molecule has 3 heterocycles. The number of carbonyl (C=O) groups is 2. The summed E-state index contributed by atoms with van der Waals surface area (Å²) in [6.45, 7) is 2.44. The Hall–Kier alpha value is -1.40. The highest BCUT2D eigenvalue weighted by atomic mass is 32.1. The van der Waals surface area contributed by atoms with Crippen LogP contribution >= 0.6 is 11.3 Å². The number of nitrogens with zero attached hydrogens (tertiary/aromatic N) is 2. The predicted molar refractivity (Wildman–Crippen MR) is 84.6 cm³/mol. The maximum absolute atomic E-state index is 12.8. The van der Waals surface area contributed by atoms with Crippen LogP contribution in [0.1, 0.15) is 30.2 Å². The highest BCUT2D eigenvalue weighted by Gasteiger charge is 2.40. The molecule has 2 fully saturated rings. The first-order valence-electron chi connectivity index (χ1n) is 7.81. The largest absolute Gasteiger partial charge is 0.383 e. The van der Waals surface area contributed by atoms with Gasteiger partial charge in [-0.2, -0.15) is 0 Å². The lowest BCUT2D eigenvalue weighted by Gasteiger charge is -2.26. The molecule has 0 aromatic carbocycles. The minimum atomic E-state index is -0.190. The number of amides is 2. The van der Waals surface area contributed by atoms with Crippen molar-refractivity contribution in [3.05, 3.63) is 22.4 Å². The topological polar surface area (TPSA) is 49.9 Å². The molecule has 0 bridgehead atoms. The van der Waals surface area contributed by atoms with E-state index in [-0.39, 0.29) is 23.8 Å². The van der Waals surface area contributed by atoms with Crippen LogP contribution in [0.5, 0.6) is 0 Å². The summed E-state index contributed by atoms with van der Waals surface area (Å²) < 4.78 is 5.03. The smallest absolute Gasteiger partial charge is 0.228 e. The van der Waals surface area contributed by atoms with Gasteiger partial charge >= 0.3 is 0 Å². The van der Waals surface area contributed by atoms with E-state index in [2.05, 4.69) is 11.4 Å². The zero-order valence-corrected chi connectivity index (χ0v) is 13.7. The summed E-state index contributed by atoms with van der Waals surface area (Å²) in [6, 6.07) is 4.34. The van der Waals surface area contributed by atoms with E-state index in [1.54, 1.807) is 23.3 Å². The molecule has 2 aliphatic heterocycles. The predicted octanol–water partition coefficient (Wildman–Crippen LogP) is 1.91. The molecule has 120 valence electrons. The number of likely N-dealkylation sites (tertiary alicyclic amines) is 2. The molecule has 2 atom stereocenters. The van der Waals surface area contributed by atoms with E-state index in [9.17, 15) is 9.59 Å². The molecular weight excluding hydrogens is 300 g/mol. The van der Waals surface area contributed by atoms with Gasteiger partial charge in [0.25, 0.3) is 0 Å². The molecular formula is C16H22N2O3S. The van der Waals surface area contributed by atoms with Crippen molar-refractivity contribution in [2.45, 2.75) is 25.3 Å². The Morgan fingerprint density at radius 1 is 1.50 bits per heavy atom. The van der Waals surface area contributed by atoms with Crippen LogP contribution in [0.3, 0.4) is 0 Å². The number of rotatable bonds is 5. The molecule has 2 aliphatic rings. The highest BCUT2D eigenvalue weighted by Crippen LogP contribution is 2.36. The van der Waals surface area contributed by atoms with Gasteiger partial charge in [-0.15, -0.1) is 11.3 Å². The Morgan fingerprint density at radius 3 is 3.09 bits per heavy atom. The monoisotopic (exact) mass is 322 g/mol. The van der Waals surface area contributed by atoms with Gasteiger partial charge < -0.3 is 14.5 Å². The van der Waals surface area contributed by atoms with Gasteiger partial charge in [-0.3, -0.25) is 9.59 Å². The van der Waals surface area contributed by atoms with E-state index in [1.165, 1.54) is 4.88 Å². The van der Waals surface area contributed by atoms with E-state index in [0.717, 1.165) is 19.4 Å². The highest BCUT2D eigenvalue weighted by molar-refractivity contribution is 7.10. The van der Waals surface area contributed by atoms with Crippen molar-refractivity contribution >= 4 is 23.2 Å². The van der Waals surface area contributed by atoms with Gasteiger partial charge in [0.15, 0.2) is 0 Å². The van der Waals surface area contributed by atoms with Gasteiger partial charge in [-0.25, -0.2) is 0 Å². The summed E-state index contributed by atoms with van der Waals surface area (Å²) in [5.41, 5.74) is 0. The lowest BCUT2D eigenvalue weighted by molar-refractivity contribution is -0.136. The second-order valence-corrected chi connectivity index (χ2v) is 6.92. The van der Waals surface area contributed by atoms with Crippen LogP contribution in [0, 0.1) is 5.92 Å². The van der Waals surface area contributed by atoms with Gasteiger partial charge in [0.05, 0.1) is 18.6 Å². The summed E-state index contributed by atoms with van der Waals surface area (Å²) in [5.74, 6) is 0.0244. The molecule has 0 spiro atoms. The van der Waals surface area contributed by atoms with Crippen LogP contribution < -0.4 is 0 Å². The van der Waals surface area contributed by atoms with Crippen LogP contribution in [0.4, 0.5) is 0 Å². The molecule has 5 nitrogen and oxygen atoms in total. The van der Waals surface area contributed by atoms with Gasteiger partial charge in [0, 0.05) is 38.0 Å². The quantitative estimate of drug-likeness (QED) is 0.832. The molecule has 0 radical (unpaired) electrons. The number of methoxy groups -OCH3 is 1. The van der Waals surface area contributed by atoms with Crippen molar-refractivity contribution in [2.24, 2.45) is 5.92 Å². The van der Waals surface area contributed by atoms with Gasteiger partial charge in [-0.1, -0.05) is 6.07 Å². The number of hydrogen-bond donors (Lipinski definition) is 0. The van der Waals surface area contributed by atoms with Crippen molar-refractivity contribution in [3.63, 3.8) is 0 Å². The average Bonchev–Trinajstić information content (AvgIpc) is 3.24. The first-order valence-corrected chi connectivity index (χ1v) is 8.69. The van der Waals surface area contributed by atoms with Crippen LogP contribution in [0.25, 0.3) is 0 Å². The number of carbonyl (C=O) groups excluding carboxylic acids is 2. The molecule has 0 N–H and O–H groups in total. The Bertz CT molecular complexity index is 532. The number of thiophene rings is 1. The average molecular weight is 322 g/mol. The minimum Gasteiger partial charge on any atom is -0.383 e. The zero-order chi connectivity index (χ0) is 15.5. The standard InChI is InChI=1S/C16H22N2O3S/c1-21-8-7-17-11-12(10-15(17)19)16(20)18-6-2-4-13(18)14-5-3-9-22-14/h3,5,9,12-13H,2,4,6-8,10-11H2,1H3/t12-,13+/m0/s1. The lowest BCUT2D eigenvalue weighted by Crippen LogP contribution is -2.37. The molecule has 0 aliphatic carbocycles. The van der Waals surface area contributed by atoms with Crippen molar-refractivity contribution in [1.29, 1.82) is 0 Å². The van der Waals surface area contributed by atoms with Crippen molar-refractivity contribution in [2.75, 3.05) is 33.4 Å². The first kappa shape index (κ1) is 15.5. The van der Waals surface area contributed by atoms with E-state index < -0.39 is 0 Å². The summed E-state index contributed by atoms with van der Waals surface area (Å²) in [5, 5.41) is 2.06. The third kappa shape index (κ3) is 3.03. The molecule has 1 aromatic rings. The molecule has 0 unspecified atom stereocenters. The van der Waals surface area contributed by atoms with Crippen LogP contribution in [0.15, 0.2) is 17.5 Å². The van der Waals surface area contributed by atoms with E-state index in [0.29, 0.717) is 26.1 Å². The summed E-state index contributed by atoms with van der Waals surface area (Å²) in [6.07, 6.45) is 2.42. The van der Waals surface area contributed by atoms with Gasteiger partial charge in [0.1, 0.15) is 0 Å². The minimum absolute atomic E-state index is 0.0715. The second-order valence-electron chi connectivity index (χ2n) is 5.94. The Labute approximate surface area is 134 Å². The van der Waals surface area contributed by atoms with Gasteiger partial charge in [-0.05, 0) is 24.3 Å². The fourth-order valence-corrected chi connectivity index (χ4v) is 4.27. The lowest BCUT2D eigenvalue weighted by atomic mass is 10.1. The van der Waals surface area contributed by atoms with E-state index in [1.807, 2.05) is 11.0 Å². The maximum Gasteiger partial charge on any atom is 0.228 e. The third-order valence-corrected chi connectivity index (χ3v) is 5.51. The van der Waals surface area contributed by atoms with Crippen LogP contribution in [-0.4, -0.2) is 55.0 Å². The van der Waals surface area contributed by atoms with Crippen molar-refractivity contribution < 1.29 is 14.3 Å². The molecule has 2 amide bonds. The van der Waals surface area contributed by atoms with Crippen LogP contribution in [-0.2, 0) is 14.3 Å². The first-order chi connectivity index (χ1) is 10.7. The molecule has 3 rings (SSSR count). The molecule has 6 heteroatoms. The van der Waals surface area contributed by atoms with Crippen molar-refractivity contribution in [3.8, 4) is 0 Å². The fraction of sp³-hybridized carbons (Fsp3) is 0.625. The normalized spacial score (nSPS) is 25.2. The summed E-state index contributed by atoms with van der Waals surface area (Å²) >= 11 is 1.71. The Kier molecular flexibility index (Phi) is 4.78. The van der Waals surface area contributed by atoms with E-state index >= 15 is 0 Å². The second kappa shape index (κ2) is 6.79. The molecule has 22 heavy (non-hydrogen) atoms. The molecule has 0 saturated carbocycles. The summed E-state index contributed by atoms with van der Waals surface area (Å²) in [4.78, 5) is 29.9. The number of hydrogen-bond acceptors (Lipinski definition) is 4. The molecule has 2 saturated heterocycles. The van der Waals surface area contributed by atoms with Crippen molar-refractivity contribution in [1.82, 2.24) is 9.80 Å². The fourth-order valence-electron chi connectivity index (χ4n) is 3.40. The summed E-state index contributed by atoms with van der Waals surface area (Å²) in [7, 11) is 1.62. The van der Waals surface area contributed by atoms with Gasteiger partial charge in [0.2, 0.25) is 11.8 Å². The zero-order valence-electron chi connectivity index (χ0n) is 12.9. The third-order valence-electron chi connectivity index (χ3n) is 4.54. The van der Waals surface area contributed by atoms with E-state index in [4.69, 9.17) is 4.74 Å².